The third kappa shape index (κ3) is 3.84. The molecule has 0 saturated heterocycles. The van der Waals surface area contributed by atoms with Crippen molar-refractivity contribution in [2.75, 3.05) is 0 Å². The van der Waals surface area contributed by atoms with E-state index in [-0.39, 0.29) is 17.5 Å². The number of carboxylic acid groups (broad SMARTS) is 1. The fraction of sp³-hybridized carbons (Fsp3) is 0.588. The summed E-state index contributed by atoms with van der Waals surface area (Å²) in [7, 11) is 0. The highest BCUT2D eigenvalue weighted by molar-refractivity contribution is 5.90. The van der Waals surface area contributed by atoms with Crippen molar-refractivity contribution in [2.24, 2.45) is 17.8 Å². The third-order valence-corrected chi connectivity index (χ3v) is 4.40. The lowest BCUT2D eigenvalue weighted by molar-refractivity contribution is -0.0179. The highest BCUT2D eigenvalue weighted by Crippen LogP contribution is 2.35. The van der Waals surface area contributed by atoms with E-state index in [1.807, 2.05) is 0 Å². The normalized spacial score (nSPS) is 25.0. The molecule has 1 aromatic heterocycles. The lowest BCUT2D eigenvalue weighted by Gasteiger charge is -2.36. The summed E-state index contributed by atoms with van der Waals surface area (Å²) in [6.07, 6.45) is 2.95. The molecule has 0 aliphatic heterocycles. The first kappa shape index (κ1) is 16.5. The Bertz CT molecular complexity index is 555. The quantitative estimate of drug-likeness (QED) is 0.863. The standard InChI is InChI=1S/C17H23NO4/c1-10(2)12-8-7-11(3)9-15(12)22-17(21)14-6-4-5-13(18-14)16(19)20/h4-6,10-12,15H,7-9H2,1-3H3,(H,19,20)/t11-,12-,15?/m0/s1. The predicted molar refractivity (Wildman–Crippen MR) is 81.7 cm³/mol. The number of carbonyl (C=O) groups is 2. The second-order valence-corrected chi connectivity index (χ2v) is 6.48. The van der Waals surface area contributed by atoms with Gasteiger partial charge in [-0.2, -0.15) is 0 Å². The second kappa shape index (κ2) is 6.90. The molecule has 0 spiro atoms. The van der Waals surface area contributed by atoms with E-state index in [2.05, 4.69) is 25.8 Å². The summed E-state index contributed by atoms with van der Waals surface area (Å²) >= 11 is 0. The van der Waals surface area contributed by atoms with Gasteiger partial charge in [-0.05, 0) is 42.7 Å². The minimum Gasteiger partial charge on any atom is -0.477 e. The molecule has 1 saturated carbocycles. The van der Waals surface area contributed by atoms with Crippen molar-refractivity contribution in [1.29, 1.82) is 0 Å². The smallest absolute Gasteiger partial charge is 0.357 e. The zero-order valence-electron chi connectivity index (χ0n) is 13.3. The van der Waals surface area contributed by atoms with Crippen molar-refractivity contribution in [3.05, 3.63) is 29.6 Å². The molecule has 0 radical (unpaired) electrons. The van der Waals surface area contributed by atoms with E-state index in [0.29, 0.717) is 17.8 Å². The van der Waals surface area contributed by atoms with Crippen LogP contribution in [0.15, 0.2) is 18.2 Å². The number of aromatic carboxylic acids is 1. The van der Waals surface area contributed by atoms with Crippen molar-refractivity contribution >= 4 is 11.9 Å². The number of aromatic nitrogens is 1. The number of rotatable bonds is 4. The molecule has 1 N–H and O–H groups in total. The molecule has 1 aliphatic carbocycles. The Balaban J connectivity index is 2.12. The fourth-order valence-electron chi connectivity index (χ4n) is 3.12. The van der Waals surface area contributed by atoms with Crippen LogP contribution in [0.3, 0.4) is 0 Å². The van der Waals surface area contributed by atoms with Gasteiger partial charge in [0, 0.05) is 0 Å². The average Bonchev–Trinajstić information content (AvgIpc) is 2.47. The zero-order chi connectivity index (χ0) is 16.3. The Morgan fingerprint density at radius 1 is 1.27 bits per heavy atom. The molecular weight excluding hydrogens is 282 g/mol. The van der Waals surface area contributed by atoms with Crippen molar-refractivity contribution in [1.82, 2.24) is 4.98 Å². The first-order valence-electron chi connectivity index (χ1n) is 7.79. The van der Waals surface area contributed by atoms with Gasteiger partial charge in [0.1, 0.15) is 17.5 Å². The van der Waals surface area contributed by atoms with E-state index in [1.54, 1.807) is 0 Å². The fourth-order valence-corrected chi connectivity index (χ4v) is 3.12. The molecule has 1 unspecified atom stereocenters. The molecule has 1 aliphatic rings. The molecule has 22 heavy (non-hydrogen) atoms. The van der Waals surface area contributed by atoms with Crippen LogP contribution in [-0.2, 0) is 4.74 Å². The molecule has 1 heterocycles. The summed E-state index contributed by atoms with van der Waals surface area (Å²) in [5.41, 5.74) is -0.0903. The van der Waals surface area contributed by atoms with Crippen molar-refractivity contribution < 1.29 is 19.4 Å². The number of hydrogen-bond acceptors (Lipinski definition) is 4. The number of carboxylic acids is 1. The zero-order valence-corrected chi connectivity index (χ0v) is 13.3. The van der Waals surface area contributed by atoms with Gasteiger partial charge in [0.2, 0.25) is 0 Å². The van der Waals surface area contributed by atoms with Crippen molar-refractivity contribution in [2.45, 2.75) is 46.1 Å². The van der Waals surface area contributed by atoms with Crippen LogP contribution in [0.5, 0.6) is 0 Å². The van der Waals surface area contributed by atoms with Crippen LogP contribution in [0.25, 0.3) is 0 Å². The lowest BCUT2D eigenvalue weighted by Crippen LogP contribution is -2.36. The molecule has 0 bridgehead atoms. The molecule has 3 atom stereocenters. The van der Waals surface area contributed by atoms with Gasteiger partial charge < -0.3 is 9.84 Å². The number of pyridine rings is 1. The maximum atomic E-state index is 12.3. The number of carbonyl (C=O) groups excluding carboxylic acids is 1. The van der Waals surface area contributed by atoms with E-state index in [1.165, 1.54) is 18.2 Å². The summed E-state index contributed by atoms with van der Waals surface area (Å²) < 4.78 is 5.66. The van der Waals surface area contributed by atoms with Gasteiger partial charge in [0.15, 0.2) is 0 Å². The number of esters is 1. The van der Waals surface area contributed by atoms with Gasteiger partial charge in [-0.25, -0.2) is 14.6 Å². The van der Waals surface area contributed by atoms with Crippen LogP contribution in [0.4, 0.5) is 0 Å². The Kier molecular flexibility index (Phi) is 5.16. The Labute approximate surface area is 130 Å². The maximum Gasteiger partial charge on any atom is 0.357 e. The summed E-state index contributed by atoms with van der Waals surface area (Å²) in [5.74, 6) is -0.355. The van der Waals surface area contributed by atoms with Gasteiger partial charge in [-0.15, -0.1) is 0 Å². The first-order valence-corrected chi connectivity index (χ1v) is 7.79. The molecule has 120 valence electrons. The van der Waals surface area contributed by atoms with Gasteiger partial charge in [0.25, 0.3) is 0 Å². The molecule has 1 aromatic rings. The SMILES string of the molecule is CC(C)[C@@H]1CC[C@H](C)CC1OC(=O)c1cccc(C(=O)O)n1. The summed E-state index contributed by atoms with van der Waals surface area (Å²) in [5, 5.41) is 8.95. The summed E-state index contributed by atoms with van der Waals surface area (Å²) in [6.45, 7) is 6.45. The highest BCUT2D eigenvalue weighted by atomic mass is 16.5. The Morgan fingerprint density at radius 2 is 1.95 bits per heavy atom. The molecule has 1 fully saturated rings. The van der Waals surface area contributed by atoms with Gasteiger partial charge in [-0.1, -0.05) is 33.3 Å². The third-order valence-electron chi connectivity index (χ3n) is 4.40. The van der Waals surface area contributed by atoms with E-state index in [0.717, 1.165) is 19.3 Å². The van der Waals surface area contributed by atoms with E-state index in [9.17, 15) is 9.59 Å². The molecule has 5 nitrogen and oxygen atoms in total. The minimum absolute atomic E-state index is 0.0561. The van der Waals surface area contributed by atoms with Crippen LogP contribution < -0.4 is 0 Å². The maximum absolute atomic E-state index is 12.3. The molecule has 0 amide bonds. The van der Waals surface area contributed by atoms with Crippen LogP contribution in [0.2, 0.25) is 0 Å². The van der Waals surface area contributed by atoms with E-state index >= 15 is 0 Å². The van der Waals surface area contributed by atoms with Gasteiger partial charge in [-0.3, -0.25) is 0 Å². The number of ether oxygens (including phenoxy) is 1. The molecule has 0 aromatic carbocycles. The Hall–Kier alpha value is -1.91. The second-order valence-electron chi connectivity index (χ2n) is 6.48. The summed E-state index contributed by atoms with van der Waals surface area (Å²) in [6, 6.07) is 4.36. The van der Waals surface area contributed by atoms with Crippen molar-refractivity contribution in [3.8, 4) is 0 Å². The molecule has 5 heteroatoms. The number of hydrogen-bond donors (Lipinski definition) is 1. The van der Waals surface area contributed by atoms with E-state index in [4.69, 9.17) is 9.84 Å². The monoisotopic (exact) mass is 305 g/mol. The van der Waals surface area contributed by atoms with Crippen molar-refractivity contribution in [3.63, 3.8) is 0 Å². The van der Waals surface area contributed by atoms with Crippen LogP contribution >= 0.6 is 0 Å². The van der Waals surface area contributed by atoms with Crippen LogP contribution in [0.1, 0.15) is 61.0 Å². The van der Waals surface area contributed by atoms with Gasteiger partial charge in [0.05, 0.1) is 0 Å². The Morgan fingerprint density at radius 3 is 2.59 bits per heavy atom. The van der Waals surface area contributed by atoms with Crippen LogP contribution in [-0.4, -0.2) is 28.1 Å². The lowest BCUT2D eigenvalue weighted by atomic mass is 9.75. The highest BCUT2D eigenvalue weighted by Gasteiger charge is 2.33. The minimum atomic E-state index is -1.15. The molecular formula is C17H23NO4. The summed E-state index contributed by atoms with van der Waals surface area (Å²) in [4.78, 5) is 27.1. The largest absolute Gasteiger partial charge is 0.477 e. The molecule has 2 rings (SSSR count). The van der Waals surface area contributed by atoms with Gasteiger partial charge >= 0.3 is 11.9 Å². The van der Waals surface area contributed by atoms with E-state index < -0.39 is 11.9 Å². The first-order chi connectivity index (χ1) is 10.4. The predicted octanol–water partition coefficient (Wildman–Crippen LogP) is 3.40. The number of nitrogens with zero attached hydrogens (tertiary/aromatic N) is 1. The van der Waals surface area contributed by atoms with Crippen LogP contribution in [0, 0.1) is 17.8 Å². The topological polar surface area (TPSA) is 76.5 Å². The average molecular weight is 305 g/mol.